The van der Waals surface area contributed by atoms with Crippen molar-refractivity contribution in [2.45, 2.75) is 44.9 Å². The van der Waals surface area contributed by atoms with E-state index >= 15 is 0 Å². The molecule has 0 amide bonds. The molecule has 3 unspecified atom stereocenters. The number of nitrogens with one attached hydrogen (secondary N) is 1. The lowest BCUT2D eigenvalue weighted by Gasteiger charge is -2.25. The van der Waals surface area contributed by atoms with Gasteiger partial charge in [-0.25, -0.2) is 14.5 Å². The van der Waals surface area contributed by atoms with E-state index in [2.05, 4.69) is 71.5 Å². The van der Waals surface area contributed by atoms with E-state index in [4.69, 9.17) is 19.8 Å². The second-order valence-electron chi connectivity index (χ2n) is 12.7. The molecule has 2 N–H and O–H groups in total. The fourth-order valence-corrected chi connectivity index (χ4v) is 6.61. The number of anilines is 1. The lowest BCUT2D eigenvalue weighted by molar-refractivity contribution is 0.0699. The van der Waals surface area contributed by atoms with Gasteiger partial charge in [0.05, 0.1) is 23.9 Å². The van der Waals surface area contributed by atoms with E-state index in [1.807, 2.05) is 42.9 Å². The summed E-state index contributed by atoms with van der Waals surface area (Å²) in [6.07, 6.45) is 24.8. The van der Waals surface area contributed by atoms with Gasteiger partial charge in [-0.05, 0) is 78.3 Å². The molecule has 45 heavy (non-hydrogen) atoms. The van der Waals surface area contributed by atoms with Crippen molar-refractivity contribution in [2.24, 2.45) is 17.8 Å². The summed E-state index contributed by atoms with van der Waals surface area (Å²) in [5.41, 5.74) is 7.61. The average Bonchev–Trinajstić information content (AvgIpc) is 3.44. The van der Waals surface area contributed by atoms with Crippen LogP contribution in [-0.4, -0.2) is 42.5 Å². The van der Waals surface area contributed by atoms with Crippen LogP contribution < -0.4 is 5.32 Å². The number of nitrogens with zero attached hydrogens (tertiary/aromatic N) is 5. The lowest BCUT2D eigenvalue weighted by Crippen LogP contribution is -2.20. The lowest BCUT2D eigenvalue weighted by atomic mass is 9.95. The molecule has 1 aromatic carbocycles. The number of aliphatic hydroxyl groups is 1. The number of fused-ring (bicyclic) bond motifs is 2. The Kier molecular flexibility index (Phi) is 7.31. The van der Waals surface area contributed by atoms with E-state index in [0.717, 1.165) is 71.8 Å². The molecule has 8 nitrogen and oxygen atoms in total. The maximum atomic E-state index is 11.2. The first kappa shape index (κ1) is 28.0. The van der Waals surface area contributed by atoms with E-state index in [-0.39, 0.29) is 0 Å². The minimum Gasteiger partial charge on any atom is -0.381 e. The Bertz CT molecular complexity index is 1890. The Labute approximate surface area is 263 Å². The van der Waals surface area contributed by atoms with Gasteiger partial charge in [-0.2, -0.15) is 5.10 Å². The number of hydrogen-bond donors (Lipinski definition) is 2. The first-order valence-electron chi connectivity index (χ1n) is 16.1. The summed E-state index contributed by atoms with van der Waals surface area (Å²) in [5.74, 6) is 2.43. The summed E-state index contributed by atoms with van der Waals surface area (Å²) in [5, 5.41) is 19.4. The van der Waals surface area contributed by atoms with Gasteiger partial charge in [-0.1, -0.05) is 73.7 Å². The number of allylic oxidation sites excluding steroid dienone is 10. The molecule has 4 aromatic rings. The predicted molar refractivity (Wildman–Crippen MR) is 177 cm³/mol. The van der Waals surface area contributed by atoms with Crippen LogP contribution >= 0.6 is 0 Å². The van der Waals surface area contributed by atoms with E-state index in [1.165, 1.54) is 6.42 Å². The van der Waals surface area contributed by atoms with Crippen molar-refractivity contribution in [2.75, 3.05) is 18.5 Å². The smallest absolute Gasteiger partial charge is 0.156 e. The van der Waals surface area contributed by atoms with Crippen LogP contribution in [0.15, 0.2) is 97.5 Å². The number of aliphatic hydroxyl groups excluding tert-OH is 1. The van der Waals surface area contributed by atoms with Crippen molar-refractivity contribution in [1.29, 1.82) is 0 Å². The third-order valence-corrected chi connectivity index (χ3v) is 9.40. The number of benzene rings is 1. The van der Waals surface area contributed by atoms with Gasteiger partial charge in [-0.15, -0.1) is 0 Å². The molecule has 1 saturated carbocycles. The molecule has 228 valence electrons. The van der Waals surface area contributed by atoms with Crippen LogP contribution in [-0.2, 0) is 4.74 Å². The SMILES string of the molecule is CC1C=CC(c2ncn(C3CCOCC3)c2-c2ccc3nc(NC(O)c4cccc(C5=C/C=C\[C@H]6CC6\C=C\5)c4)cn3n2)=CC1. The zero-order valence-electron chi connectivity index (χ0n) is 25.5. The third kappa shape index (κ3) is 5.72. The van der Waals surface area contributed by atoms with Crippen molar-refractivity contribution < 1.29 is 9.84 Å². The fraction of sp³-hybridized carbons (Fsp3) is 0.324. The van der Waals surface area contributed by atoms with Crippen molar-refractivity contribution in [3.8, 4) is 11.4 Å². The number of hydrogen-bond acceptors (Lipinski definition) is 6. The molecule has 1 aliphatic heterocycles. The Morgan fingerprint density at radius 3 is 2.76 bits per heavy atom. The van der Waals surface area contributed by atoms with Crippen molar-refractivity contribution in [3.63, 3.8) is 0 Å². The first-order valence-corrected chi connectivity index (χ1v) is 16.1. The summed E-state index contributed by atoms with van der Waals surface area (Å²) in [7, 11) is 0. The van der Waals surface area contributed by atoms with Gasteiger partial charge in [0.25, 0.3) is 0 Å². The van der Waals surface area contributed by atoms with Gasteiger partial charge >= 0.3 is 0 Å². The minimum absolute atomic E-state index is 0.306. The van der Waals surface area contributed by atoms with Crippen LogP contribution in [0.3, 0.4) is 0 Å². The maximum absolute atomic E-state index is 11.2. The van der Waals surface area contributed by atoms with Crippen LogP contribution in [0.4, 0.5) is 5.82 Å². The quantitative estimate of drug-likeness (QED) is 0.219. The molecular weight excluding hydrogens is 560 g/mol. The molecule has 0 radical (unpaired) electrons. The Hall–Kier alpha value is -4.53. The van der Waals surface area contributed by atoms with Gasteiger partial charge in [0.15, 0.2) is 11.9 Å². The van der Waals surface area contributed by atoms with Gasteiger partial charge in [0, 0.05) is 24.8 Å². The average molecular weight is 599 g/mol. The van der Waals surface area contributed by atoms with E-state index in [9.17, 15) is 5.11 Å². The molecule has 0 bridgehead atoms. The summed E-state index contributed by atoms with van der Waals surface area (Å²) in [4.78, 5) is 9.63. The topological polar surface area (TPSA) is 89.5 Å². The predicted octanol–water partition coefficient (Wildman–Crippen LogP) is 7.17. The fourth-order valence-electron chi connectivity index (χ4n) is 6.61. The van der Waals surface area contributed by atoms with E-state index in [1.54, 1.807) is 4.52 Å². The Morgan fingerprint density at radius 1 is 1.02 bits per heavy atom. The van der Waals surface area contributed by atoms with Gasteiger partial charge in [0.1, 0.15) is 11.5 Å². The van der Waals surface area contributed by atoms with Crippen molar-refractivity contribution in [1.82, 2.24) is 24.1 Å². The van der Waals surface area contributed by atoms with Crippen molar-refractivity contribution >= 4 is 22.6 Å². The molecule has 0 spiro atoms. The van der Waals surface area contributed by atoms with Crippen LogP contribution in [0.1, 0.15) is 61.7 Å². The third-order valence-electron chi connectivity index (χ3n) is 9.40. The minimum atomic E-state index is -0.926. The van der Waals surface area contributed by atoms with Crippen LogP contribution in [0.25, 0.3) is 28.2 Å². The summed E-state index contributed by atoms with van der Waals surface area (Å²) in [6, 6.07) is 12.3. The Morgan fingerprint density at radius 2 is 1.89 bits per heavy atom. The summed E-state index contributed by atoms with van der Waals surface area (Å²) in [6.45, 7) is 3.72. The molecule has 4 heterocycles. The van der Waals surface area contributed by atoms with E-state index in [0.29, 0.717) is 35.3 Å². The van der Waals surface area contributed by atoms with Gasteiger partial charge in [-0.3, -0.25) is 0 Å². The maximum Gasteiger partial charge on any atom is 0.156 e. The summed E-state index contributed by atoms with van der Waals surface area (Å²) < 4.78 is 9.72. The normalized spacial score (nSPS) is 26.2. The standard InChI is InChI=1S/C37H38N6O2/c1-24-8-10-26(11-9-24)35-36(42(23-38-35)31-16-18-45-19-17-31)32-14-15-34-39-33(22-43(34)41-32)40-37(44)30-7-3-5-27(21-30)25-4-2-6-28-20-29(28)13-12-25/h2-8,10-15,21-24,28-29,31,37,40,44H,9,16-20H2,1H3/b6-2-,13-12+,25-4+/t24?,28-,29?,37?/m0/s1. The highest BCUT2D eigenvalue weighted by atomic mass is 16.5. The molecule has 3 aromatic heterocycles. The number of ether oxygens (including phenoxy) is 1. The summed E-state index contributed by atoms with van der Waals surface area (Å²) >= 11 is 0. The van der Waals surface area contributed by atoms with Crippen LogP contribution in [0.5, 0.6) is 0 Å². The monoisotopic (exact) mass is 598 g/mol. The number of rotatable bonds is 7. The zero-order valence-corrected chi connectivity index (χ0v) is 25.5. The number of imidazole rings is 2. The highest BCUT2D eigenvalue weighted by molar-refractivity contribution is 5.82. The molecule has 4 atom stereocenters. The molecule has 8 rings (SSSR count). The molecule has 2 fully saturated rings. The van der Waals surface area contributed by atoms with Gasteiger partial charge < -0.3 is 19.7 Å². The van der Waals surface area contributed by atoms with Crippen LogP contribution in [0, 0.1) is 17.8 Å². The second kappa shape index (κ2) is 11.8. The molecular formula is C37H38N6O2. The van der Waals surface area contributed by atoms with Gasteiger partial charge in [0.2, 0.25) is 0 Å². The highest BCUT2D eigenvalue weighted by Gasteiger charge is 2.32. The molecule has 8 heteroatoms. The van der Waals surface area contributed by atoms with Crippen LogP contribution in [0.2, 0.25) is 0 Å². The number of aromatic nitrogens is 5. The van der Waals surface area contributed by atoms with E-state index < -0.39 is 6.23 Å². The zero-order chi connectivity index (χ0) is 30.3. The van der Waals surface area contributed by atoms with Crippen molar-refractivity contribution in [3.05, 3.63) is 114 Å². The molecule has 3 aliphatic carbocycles. The first-order chi connectivity index (χ1) is 22.1. The Balaban J connectivity index is 1.07. The largest absolute Gasteiger partial charge is 0.381 e. The second-order valence-corrected chi connectivity index (χ2v) is 12.7. The highest BCUT2D eigenvalue weighted by Crippen LogP contribution is 2.42. The molecule has 4 aliphatic rings. The molecule has 1 saturated heterocycles.